The lowest BCUT2D eigenvalue weighted by Crippen LogP contribution is -2.39. The van der Waals surface area contributed by atoms with E-state index in [2.05, 4.69) is 12.0 Å². The minimum absolute atomic E-state index is 0.0383. The Balaban J connectivity index is 1.74. The second kappa shape index (κ2) is 5.41. The Morgan fingerprint density at radius 1 is 1.35 bits per heavy atom. The summed E-state index contributed by atoms with van der Waals surface area (Å²) in [5.41, 5.74) is 3.47. The van der Waals surface area contributed by atoms with Gasteiger partial charge in [-0.05, 0) is 30.9 Å². The lowest BCUT2D eigenvalue weighted by atomic mass is 9.98. The molecule has 2 aliphatic rings. The Morgan fingerprint density at radius 3 is 3.00 bits per heavy atom. The first kappa shape index (κ1) is 14.3. The molecular weight excluding hydrogens is 290 g/mol. The van der Waals surface area contributed by atoms with Crippen LogP contribution in [0.5, 0.6) is 5.75 Å². The third-order valence-electron chi connectivity index (χ3n) is 4.81. The monoisotopic (exact) mass is 311 g/mol. The van der Waals surface area contributed by atoms with Crippen LogP contribution in [-0.4, -0.2) is 33.7 Å². The van der Waals surface area contributed by atoms with Crippen molar-refractivity contribution >= 4 is 5.91 Å². The molecule has 1 saturated heterocycles. The molecule has 2 aliphatic heterocycles. The predicted octanol–water partition coefficient (Wildman–Crippen LogP) is 2.85. The van der Waals surface area contributed by atoms with Gasteiger partial charge in [-0.1, -0.05) is 19.1 Å². The molecule has 1 fully saturated rings. The van der Waals surface area contributed by atoms with Crippen molar-refractivity contribution in [3.05, 3.63) is 35.5 Å². The van der Waals surface area contributed by atoms with Crippen molar-refractivity contribution in [2.45, 2.75) is 26.4 Å². The van der Waals surface area contributed by atoms with Gasteiger partial charge in [0, 0.05) is 31.3 Å². The maximum atomic E-state index is 12.9. The number of fused-ring (bicyclic) bond motifs is 3. The number of carbonyl (C=O) groups excluding carboxylic acids is 1. The zero-order valence-electron chi connectivity index (χ0n) is 13.6. The number of benzene rings is 1. The van der Waals surface area contributed by atoms with E-state index in [1.54, 1.807) is 0 Å². The molecule has 0 radical (unpaired) electrons. The van der Waals surface area contributed by atoms with Crippen LogP contribution in [0.2, 0.25) is 0 Å². The van der Waals surface area contributed by atoms with Crippen LogP contribution in [0.1, 0.15) is 35.8 Å². The number of rotatable bonds is 1. The molecule has 0 spiro atoms. The van der Waals surface area contributed by atoms with Crippen LogP contribution in [0.4, 0.5) is 0 Å². The van der Waals surface area contributed by atoms with E-state index in [0.29, 0.717) is 18.2 Å². The molecule has 1 unspecified atom stereocenters. The summed E-state index contributed by atoms with van der Waals surface area (Å²) in [6, 6.07) is 7.92. The summed E-state index contributed by atoms with van der Waals surface area (Å²) in [5.74, 6) is 1.45. The Labute approximate surface area is 135 Å². The molecule has 0 bridgehead atoms. The minimum Gasteiger partial charge on any atom is -0.488 e. The third kappa shape index (κ3) is 2.31. The van der Waals surface area contributed by atoms with Crippen LogP contribution < -0.4 is 4.74 Å². The van der Waals surface area contributed by atoms with Gasteiger partial charge in [-0.25, -0.2) is 0 Å². The van der Waals surface area contributed by atoms with E-state index in [-0.39, 0.29) is 5.91 Å². The average molecular weight is 311 g/mol. The number of carbonyl (C=O) groups is 1. The molecule has 0 saturated carbocycles. The highest BCUT2D eigenvalue weighted by Gasteiger charge is 2.31. The van der Waals surface area contributed by atoms with Gasteiger partial charge in [0.2, 0.25) is 0 Å². The molecule has 1 atom stereocenters. The normalized spacial score (nSPS) is 19.7. The lowest BCUT2D eigenvalue weighted by molar-refractivity contribution is 0.0673. The van der Waals surface area contributed by atoms with Gasteiger partial charge in [-0.15, -0.1) is 0 Å². The number of para-hydroxylation sites is 1. The van der Waals surface area contributed by atoms with Gasteiger partial charge in [0.1, 0.15) is 12.4 Å². The molecule has 2 aromatic rings. The third-order valence-corrected chi connectivity index (χ3v) is 4.81. The molecule has 1 amide bonds. The quantitative estimate of drug-likeness (QED) is 0.813. The van der Waals surface area contributed by atoms with Crippen LogP contribution in [0.15, 0.2) is 24.3 Å². The second-order valence-electron chi connectivity index (χ2n) is 6.58. The molecule has 120 valence electrons. The first-order valence-corrected chi connectivity index (χ1v) is 8.22. The van der Waals surface area contributed by atoms with Gasteiger partial charge in [-0.2, -0.15) is 5.10 Å². The van der Waals surface area contributed by atoms with Crippen LogP contribution in [0.25, 0.3) is 11.3 Å². The van der Waals surface area contributed by atoms with Crippen molar-refractivity contribution < 1.29 is 9.53 Å². The Morgan fingerprint density at radius 2 is 2.17 bits per heavy atom. The van der Waals surface area contributed by atoms with E-state index in [4.69, 9.17) is 4.74 Å². The summed E-state index contributed by atoms with van der Waals surface area (Å²) < 4.78 is 7.66. The highest BCUT2D eigenvalue weighted by molar-refractivity contribution is 5.96. The standard InChI is InChI=1S/C18H21N3O2/c1-12-6-5-9-21(10-12)18(22)16-14-11-23-15-8-4-3-7-13(15)17(14)20(2)19-16/h3-4,7-8,12H,5-6,9-11H2,1-2H3. The number of hydrogen-bond acceptors (Lipinski definition) is 3. The number of aromatic nitrogens is 2. The molecule has 3 heterocycles. The maximum Gasteiger partial charge on any atom is 0.274 e. The molecule has 4 rings (SSSR count). The van der Waals surface area contributed by atoms with E-state index in [0.717, 1.165) is 42.1 Å². The topological polar surface area (TPSA) is 47.4 Å². The number of hydrogen-bond donors (Lipinski definition) is 0. The number of amides is 1. The molecule has 0 N–H and O–H groups in total. The fourth-order valence-corrected chi connectivity index (χ4v) is 3.67. The molecule has 1 aromatic heterocycles. The summed E-state index contributed by atoms with van der Waals surface area (Å²) in [6.07, 6.45) is 2.27. The largest absolute Gasteiger partial charge is 0.488 e. The summed E-state index contributed by atoms with van der Waals surface area (Å²) in [7, 11) is 1.90. The lowest BCUT2D eigenvalue weighted by Gasteiger charge is -2.30. The van der Waals surface area contributed by atoms with E-state index >= 15 is 0 Å². The Bertz CT molecular complexity index is 766. The predicted molar refractivity (Wildman–Crippen MR) is 87.3 cm³/mol. The highest BCUT2D eigenvalue weighted by atomic mass is 16.5. The smallest absolute Gasteiger partial charge is 0.274 e. The fourth-order valence-electron chi connectivity index (χ4n) is 3.67. The van der Waals surface area contributed by atoms with Crippen LogP contribution >= 0.6 is 0 Å². The zero-order chi connectivity index (χ0) is 16.0. The highest BCUT2D eigenvalue weighted by Crippen LogP contribution is 2.38. The number of aryl methyl sites for hydroxylation is 1. The fraction of sp³-hybridized carbons (Fsp3) is 0.444. The van der Waals surface area contributed by atoms with Gasteiger partial charge in [0.05, 0.1) is 5.69 Å². The van der Waals surface area contributed by atoms with Crippen molar-refractivity contribution in [3.63, 3.8) is 0 Å². The van der Waals surface area contributed by atoms with Gasteiger partial charge in [-0.3, -0.25) is 9.48 Å². The molecule has 1 aromatic carbocycles. The molecule has 5 nitrogen and oxygen atoms in total. The Kier molecular flexibility index (Phi) is 3.36. The summed E-state index contributed by atoms with van der Waals surface area (Å²) in [5, 5.41) is 4.54. The molecule has 0 aliphatic carbocycles. The van der Waals surface area contributed by atoms with Crippen LogP contribution in [0.3, 0.4) is 0 Å². The first-order valence-electron chi connectivity index (χ1n) is 8.22. The molecular formula is C18H21N3O2. The summed E-state index contributed by atoms with van der Waals surface area (Å²) in [6.45, 7) is 4.25. The van der Waals surface area contributed by atoms with Crippen LogP contribution in [-0.2, 0) is 13.7 Å². The van der Waals surface area contributed by atoms with Crippen LogP contribution in [0, 0.1) is 5.92 Å². The van der Waals surface area contributed by atoms with Crippen molar-refractivity contribution in [3.8, 4) is 17.0 Å². The molecule has 23 heavy (non-hydrogen) atoms. The van der Waals surface area contributed by atoms with E-state index < -0.39 is 0 Å². The number of ether oxygens (including phenoxy) is 1. The number of likely N-dealkylation sites (tertiary alicyclic amines) is 1. The van der Waals surface area contributed by atoms with Crippen molar-refractivity contribution in [1.29, 1.82) is 0 Å². The van der Waals surface area contributed by atoms with Crippen molar-refractivity contribution in [2.24, 2.45) is 13.0 Å². The van der Waals surface area contributed by atoms with Crippen molar-refractivity contribution in [1.82, 2.24) is 14.7 Å². The molecule has 5 heteroatoms. The van der Waals surface area contributed by atoms with Gasteiger partial charge in [0.15, 0.2) is 5.69 Å². The SMILES string of the molecule is CC1CCCN(C(=O)c2nn(C)c3c2COc2ccccc2-3)C1. The van der Waals surface area contributed by atoms with Gasteiger partial charge < -0.3 is 9.64 Å². The average Bonchev–Trinajstić information content (AvgIpc) is 2.91. The first-order chi connectivity index (χ1) is 11.1. The number of piperidine rings is 1. The van der Waals surface area contributed by atoms with E-state index in [1.807, 2.05) is 40.9 Å². The Hall–Kier alpha value is -2.30. The maximum absolute atomic E-state index is 12.9. The van der Waals surface area contributed by atoms with Gasteiger partial charge in [0.25, 0.3) is 5.91 Å². The summed E-state index contributed by atoms with van der Waals surface area (Å²) >= 11 is 0. The zero-order valence-corrected chi connectivity index (χ0v) is 13.6. The van der Waals surface area contributed by atoms with E-state index in [9.17, 15) is 4.79 Å². The second-order valence-corrected chi connectivity index (χ2v) is 6.58. The minimum atomic E-state index is 0.0383. The van der Waals surface area contributed by atoms with Crippen molar-refractivity contribution in [2.75, 3.05) is 13.1 Å². The number of nitrogens with zero attached hydrogens (tertiary/aromatic N) is 3. The van der Waals surface area contributed by atoms with Gasteiger partial charge >= 0.3 is 0 Å². The summed E-state index contributed by atoms with van der Waals surface area (Å²) in [4.78, 5) is 14.9. The van der Waals surface area contributed by atoms with E-state index in [1.165, 1.54) is 6.42 Å².